The molecule has 172 valence electrons. The number of nitrogens with one attached hydrogen (secondary N) is 2. The number of benzene rings is 3. The summed E-state index contributed by atoms with van der Waals surface area (Å²) in [6.07, 6.45) is 1.79. The molecule has 34 heavy (non-hydrogen) atoms. The van der Waals surface area contributed by atoms with Gasteiger partial charge in [-0.05, 0) is 60.7 Å². The van der Waals surface area contributed by atoms with Gasteiger partial charge in [-0.3, -0.25) is 4.98 Å². The Bertz CT molecular complexity index is 1290. The Kier molecular flexibility index (Phi) is 6.42. The maximum absolute atomic E-state index is 12.2. The van der Waals surface area contributed by atoms with Gasteiger partial charge < -0.3 is 25.0 Å². The normalized spacial score (nSPS) is 13.5. The number of amides is 2. The fourth-order valence-corrected chi connectivity index (χ4v) is 3.68. The number of rotatable bonds is 5. The standard InChI is InChI=1S/C25H22ClN5O3/c26-17-1-3-18(4-2-17)28-25(32)29-19-5-7-20(8-6-19)34-21-9-10-22-23(15-21)30-24(16-27-22)31-11-13-33-14-12-31/h1-10,15-16H,11-14H2,(H2,28,29,32). The molecule has 0 atom stereocenters. The average Bonchev–Trinajstić information content (AvgIpc) is 2.87. The summed E-state index contributed by atoms with van der Waals surface area (Å²) in [6, 6.07) is 19.3. The third-order valence-electron chi connectivity index (χ3n) is 5.29. The number of carbonyl (C=O) groups is 1. The molecular formula is C25H22ClN5O3. The van der Waals surface area contributed by atoms with Crippen molar-refractivity contribution in [2.24, 2.45) is 0 Å². The monoisotopic (exact) mass is 475 g/mol. The van der Waals surface area contributed by atoms with Gasteiger partial charge in [0.05, 0.1) is 30.4 Å². The van der Waals surface area contributed by atoms with Crippen LogP contribution in [0.1, 0.15) is 0 Å². The number of aromatic nitrogens is 2. The van der Waals surface area contributed by atoms with Crippen molar-refractivity contribution in [1.82, 2.24) is 9.97 Å². The Morgan fingerprint density at radius 2 is 1.53 bits per heavy atom. The van der Waals surface area contributed by atoms with E-state index in [1.807, 2.05) is 18.2 Å². The molecule has 1 aliphatic rings. The van der Waals surface area contributed by atoms with Crippen LogP contribution in [0.2, 0.25) is 5.02 Å². The summed E-state index contributed by atoms with van der Waals surface area (Å²) in [6.45, 7) is 2.98. The minimum absolute atomic E-state index is 0.347. The summed E-state index contributed by atoms with van der Waals surface area (Å²) >= 11 is 5.87. The van der Waals surface area contributed by atoms with Crippen molar-refractivity contribution >= 4 is 45.9 Å². The van der Waals surface area contributed by atoms with Crippen LogP contribution in [-0.4, -0.2) is 42.3 Å². The number of nitrogens with zero attached hydrogens (tertiary/aromatic N) is 3. The molecule has 2 N–H and O–H groups in total. The highest BCUT2D eigenvalue weighted by Gasteiger charge is 2.13. The lowest BCUT2D eigenvalue weighted by molar-refractivity contribution is 0.122. The van der Waals surface area contributed by atoms with Gasteiger partial charge in [0.1, 0.15) is 17.3 Å². The predicted octanol–water partition coefficient (Wildman–Crippen LogP) is 5.56. The van der Waals surface area contributed by atoms with Crippen molar-refractivity contribution in [2.75, 3.05) is 41.8 Å². The summed E-state index contributed by atoms with van der Waals surface area (Å²) in [7, 11) is 0. The number of anilines is 3. The topological polar surface area (TPSA) is 88.6 Å². The lowest BCUT2D eigenvalue weighted by Crippen LogP contribution is -2.36. The van der Waals surface area contributed by atoms with E-state index in [0.717, 1.165) is 29.9 Å². The third-order valence-corrected chi connectivity index (χ3v) is 5.54. The van der Waals surface area contributed by atoms with E-state index in [2.05, 4.69) is 20.5 Å². The zero-order valence-corrected chi connectivity index (χ0v) is 19.0. The van der Waals surface area contributed by atoms with Crippen LogP contribution in [-0.2, 0) is 4.74 Å². The van der Waals surface area contributed by atoms with Crippen molar-refractivity contribution in [3.8, 4) is 11.5 Å². The van der Waals surface area contributed by atoms with Crippen LogP contribution in [0.25, 0.3) is 11.0 Å². The minimum atomic E-state index is -0.347. The third kappa shape index (κ3) is 5.36. The Hall–Kier alpha value is -3.88. The van der Waals surface area contributed by atoms with E-state index >= 15 is 0 Å². The number of urea groups is 1. The molecular weight excluding hydrogens is 454 g/mol. The van der Waals surface area contributed by atoms with Crippen LogP contribution < -0.4 is 20.3 Å². The fraction of sp³-hybridized carbons (Fsp3) is 0.160. The minimum Gasteiger partial charge on any atom is -0.457 e. The molecule has 1 aliphatic heterocycles. The zero-order chi connectivity index (χ0) is 23.3. The van der Waals surface area contributed by atoms with Gasteiger partial charge in [0.25, 0.3) is 0 Å². The van der Waals surface area contributed by atoms with E-state index in [4.69, 9.17) is 26.1 Å². The first kappa shape index (κ1) is 21.9. The highest BCUT2D eigenvalue weighted by atomic mass is 35.5. The molecule has 5 rings (SSSR count). The molecule has 8 nitrogen and oxygen atoms in total. The number of hydrogen-bond acceptors (Lipinski definition) is 6. The van der Waals surface area contributed by atoms with E-state index in [1.54, 1.807) is 54.7 Å². The lowest BCUT2D eigenvalue weighted by Gasteiger charge is -2.27. The first-order chi connectivity index (χ1) is 16.6. The van der Waals surface area contributed by atoms with E-state index < -0.39 is 0 Å². The second-order valence-electron chi connectivity index (χ2n) is 7.69. The molecule has 1 fully saturated rings. The molecule has 0 spiro atoms. The summed E-state index contributed by atoms with van der Waals surface area (Å²) in [5.41, 5.74) is 2.85. The molecule has 3 aromatic carbocycles. The van der Waals surface area contributed by atoms with Crippen LogP contribution in [0.3, 0.4) is 0 Å². The van der Waals surface area contributed by atoms with E-state index in [0.29, 0.717) is 41.1 Å². The molecule has 2 heterocycles. The van der Waals surface area contributed by atoms with Gasteiger partial charge in [-0.2, -0.15) is 0 Å². The number of morpholine rings is 1. The fourth-order valence-electron chi connectivity index (χ4n) is 3.56. The summed E-state index contributed by atoms with van der Waals surface area (Å²) in [4.78, 5) is 23.6. The molecule has 0 saturated carbocycles. The molecule has 0 bridgehead atoms. The molecule has 9 heteroatoms. The largest absolute Gasteiger partial charge is 0.457 e. The van der Waals surface area contributed by atoms with Crippen LogP contribution in [0, 0.1) is 0 Å². The molecule has 2 amide bonds. The SMILES string of the molecule is O=C(Nc1ccc(Cl)cc1)Nc1ccc(Oc2ccc3ncc(N4CCOCC4)nc3c2)cc1. The number of carbonyl (C=O) groups excluding carboxylic acids is 1. The maximum Gasteiger partial charge on any atom is 0.323 e. The second kappa shape index (κ2) is 9.94. The smallest absolute Gasteiger partial charge is 0.323 e. The molecule has 0 radical (unpaired) electrons. The molecule has 0 aliphatic carbocycles. The maximum atomic E-state index is 12.2. The Morgan fingerprint density at radius 3 is 2.24 bits per heavy atom. The van der Waals surface area contributed by atoms with Gasteiger partial charge in [-0.15, -0.1) is 0 Å². The van der Waals surface area contributed by atoms with E-state index in [9.17, 15) is 4.79 Å². The summed E-state index contributed by atoms with van der Waals surface area (Å²) in [5.74, 6) is 2.13. The Morgan fingerprint density at radius 1 is 0.882 bits per heavy atom. The molecule has 1 aromatic heterocycles. The van der Waals surface area contributed by atoms with Gasteiger partial charge >= 0.3 is 6.03 Å². The number of hydrogen-bond donors (Lipinski definition) is 2. The van der Waals surface area contributed by atoms with Crippen molar-refractivity contribution in [1.29, 1.82) is 0 Å². The van der Waals surface area contributed by atoms with Gasteiger partial charge in [0.2, 0.25) is 0 Å². The van der Waals surface area contributed by atoms with Crippen molar-refractivity contribution in [3.63, 3.8) is 0 Å². The van der Waals surface area contributed by atoms with Gasteiger partial charge in [0, 0.05) is 35.6 Å². The quantitative estimate of drug-likeness (QED) is 0.393. The number of halogens is 1. The van der Waals surface area contributed by atoms with Crippen LogP contribution in [0.4, 0.5) is 22.0 Å². The molecule has 1 saturated heterocycles. The average molecular weight is 476 g/mol. The highest BCUT2D eigenvalue weighted by molar-refractivity contribution is 6.30. The van der Waals surface area contributed by atoms with E-state index in [-0.39, 0.29) is 6.03 Å². The van der Waals surface area contributed by atoms with Gasteiger partial charge in [-0.25, -0.2) is 9.78 Å². The van der Waals surface area contributed by atoms with Crippen molar-refractivity contribution in [3.05, 3.63) is 77.9 Å². The van der Waals surface area contributed by atoms with Crippen LogP contribution >= 0.6 is 11.6 Å². The second-order valence-corrected chi connectivity index (χ2v) is 8.13. The van der Waals surface area contributed by atoms with Crippen LogP contribution in [0.5, 0.6) is 11.5 Å². The Labute approximate surface area is 201 Å². The van der Waals surface area contributed by atoms with Crippen molar-refractivity contribution < 1.29 is 14.3 Å². The summed E-state index contributed by atoms with van der Waals surface area (Å²) in [5, 5.41) is 6.15. The van der Waals surface area contributed by atoms with Crippen molar-refractivity contribution in [2.45, 2.75) is 0 Å². The Balaban J connectivity index is 1.23. The summed E-state index contributed by atoms with van der Waals surface area (Å²) < 4.78 is 11.4. The molecule has 4 aromatic rings. The van der Waals surface area contributed by atoms with Crippen LogP contribution in [0.15, 0.2) is 72.9 Å². The first-order valence-electron chi connectivity index (χ1n) is 10.8. The molecule has 0 unspecified atom stereocenters. The lowest BCUT2D eigenvalue weighted by atomic mass is 10.2. The predicted molar refractivity (Wildman–Crippen MR) is 133 cm³/mol. The van der Waals surface area contributed by atoms with E-state index in [1.165, 1.54) is 0 Å². The number of ether oxygens (including phenoxy) is 2. The number of fused-ring (bicyclic) bond motifs is 1. The highest BCUT2D eigenvalue weighted by Crippen LogP contribution is 2.26. The van der Waals surface area contributed by atoms with Gasteiger partial charge in [0.15, 0.2) is 0 Å². The first-order valence-corrected chi connectivity index (χ1v) is 11.2. The van der Waals surface area contributed by atoms with Gasteiger partial charge in [-0.1, -0.05) is 11.6 Å². The zero-order valence-electron chi connectivity index (χ0n) is 18.2.